The zero-order valence-electron chi connectivity index (χ0n) is 14.5. The lowest BCUT2D eigenvalue weighted by Gasteiger charge is -2.06. The molecule has 150 valence electrons. The van der Waals surface area contributed by atoms with E-state index in [0.717, 1.165) is 22.1 Å². The second-order valence-corrected chi connectivity index (χ2v) is 7.63. The smallest absolute Gasteiger partial charge is 0.269 e. The van der Waals surface area contributed by atoms with Gasteiger partial charge in [0.2, 0.25) is 5.95 Å². The average molecular weight is 444 g/mol. The van der Waals surface area contributed by atoms with E-state index in [9.17, 15) is 22.4 Å². The number of aryl methyl sites for hydroxylation is 1. The van der Waals surface area contributed by atoms with Crippen LogP contribution in [0, 0.1) is 12.9 Å². The second-order valence-electron chi connectivity index (χ2n) is 6.06. The Bertz CT molecular complexity index is 1290. The molecule has 12 heteroatoms. The minimum Gasteiger partial charge on any atom is -0.269 e. The number of halogens is 5. The van der Waals surface area contributed by atoms with Crippen molar-refractivity contribution in [2.45, 2.75) is 19.6 Å². The van der Waals surface area contributed by atoms with Crippen molar-refractivity contribution in [3.8, 4) is 11.3 Å². The number of pyridine rings is 1. The molecule has 29 heavy (non-hydrogen) atoms. The average Bonchev–Trinajstić information content (AvgIpc) is 3.15. The molecule has 4 aromatic rings. The Morgan fingerprint density at radius 1 is 1.28 bits per heavy atom. The molecule has 0 saturated heterocycles. The van der Waals surface area contributed by atoms with E-state index in [1.807, 2.05) is 0 Å². The molecule has 0 aliphatic carbocycles. The first-order valence-electron chi connectivity index (χ1n) is 8.08. The minimum atomic E-state index is -4.64. The van der Waals surface area contributed by atoms with Gasteiger partial charge in [-0.3, -0.25) is 9.20 Å². The Balaban J connectivity index is 1.80. The minimum absolute atomic E-state index is 0.151. The molecule has 4 heterocycles. The summed E-state index contributed by atoms with van der Waals surface area (Å²) in [7, 11) is 0. The molecule has 0 amide bonds. The maximum absolute atomic E-state index is 14.1. The fraction of sp³-hybridized carbons (Fsp3) is 0.176. The van der Waals surface area contributed by atoms with Gasteiger partial charge in [0.1, 0.15) is 5.15 Å². The highest BCUT2D eigenvalue weighted by atomic mass is 35.5. The van der Waals surface area contributed by atoms with Crippen molar-refractivity contribution in [3.05, 3.63) is 68.2 Å². The summed E-state index contributed by atoms with van der Waals surface area (Å²) in [6, 6.07) is 4.90. The van der Waals surface area contributed by atoms with E-state index in [2.05, 4.69) is 15.1 Å². The number of aromatic nitrogens is 5. The van der Waals surface area contributed by atoms with Crippen LogP contribution in [0.4, 0.5) is 17.6 Å². The predicted molar refractivity (Wildman–Crippen MR) is 98.6 cm³/mol. The maximum Gasteiger partial charge on any atom is 0.435 e. The van der Waals surface area contributed by atoms with Crippen LogP contribution in [0.5, 0.6) is 0 Å². The fourth-order valence-corrected chi connectivity index (χ4v) is 4.08. The second kappa shape index (κ2) is 6.92. The summed E-state index contributed by atoms with van der Waals surface area (Å²) >= 11 is 6.98. The van der Waals surface area contributed by atoms with Crippen LogP contribution in [0.25, 0.3) is 16.2 Å². The van der Waals surface area contributed by atoms with E-state index in [0.29, 0.717) is 16.6 Å². The van der Waals surface area contributed by atoms with Gasteiger partial charge in [-0.1, -0.05) is 11.6 Å². The van der Waals surface area contributed by atoms with Crippen LogP contribution in [0.15, 0.2) is 35.3 Å². The summed E-state index contributed by atoms with van der Waals surface area (Å²) in [5.41, 5.74) is -0.990. The van der Waals surface area contributed by atoms with Crippen LogP contribution in [0.1, 0.15) is 16.3 Å². The Labute approximate surface area is 169 Å². The van der Waals surface area contributed by atoms with Gasteiger partial charge in [-0.15, -0.1) is 11.3 Å². The van der Waals surface area contributed by atoms with Crippen LogP contribution >= 0.6 is 22.9 Å². The molecular weight excluding hydrogens is 434 g/mol. The molecule has 0 atom stereocenters. The molecule has 0 spiro atoms. The number of rotatable bonds is 3. The van der Waals surface area contributed by atoms with E-state index in [1.165, 1.54) is 16.7 Å². The lowest BCUT2D eigenvalue weighted by atomic mass is 10.2. The van der Waals surface area contributed by atoms with Crippen molar-refractivity contribution >= 4 is 27.9 Å². The number of thiazole rings is 1. The topological polar surface area (TPSA) is 65.1 Å². The Kier molecular flexibility index (Phi) is 4.66. The van der Waals surface area contributed by atoms with E-state index in [1.54, 1.807) is 13.0 Å². The third kappa shape index (κ3) is 3.51. The van der Waals surface area contributed by atoms with Crippen molar-refractivity contribution < 1.29 is 17.6 Å². The van der Waals surface area contributed by atoms with Gasteiger partial charge in [-0.2, -0.15) is 22.7 Å². The van der Waals surface area contributed by atoms with Gasteiger partial charge >= 0.3 is 6.18 Å². The molecular formula is C17H10ClF4N5OS. The first kappa shape index (κ1) is 19.5. The third-order valence-corrected chi connectivity index (χ3v) is 5.35. The monoisotopic (exact) mass is 443 g/mol. The quantitative estimate of drug-likeness (QED) is 0.352. The number of hydrogen-bond acceptors (Lipinski definition) is 5. The predicted octanol–water partition coefficient (Wildman–Crippen LogP) is 4.18. The van der Waals surface area contributed by atoms with E-state index in [-0.39, 0.29) is 27.9 Å². The maximum atomic E-state index is 14.1. The van der Waals surface area contributed by atoms with E-state index in [4.69, 9.17) is 11.6 Å². The number of nitrogens with zero attached hydrogens (tertiary/aromatic N) is 5. The normalized spacial score (nSPS) is 12.1. The summed E-state index contributed by atoms with van der Waals surface area (Å²) in [6.45, 7) is 1.48. The summed E-state index contributed by atoms with van der Waals surface area (Å²) < 4.78 is 54.7. The van der Waals surface area contributed by atoms with Crippen LogP contribution in [0.2, 0.25) is 5.15 Å². The van der Waals surface area contributed by atoms with Gasteiger partial charge in [0.25, 0.3) is 5.56 Å². The summed E-state index contributed by atoms with van der Waals surface area (Å²) in [6.07, 6.45) is -3.34. The molecule has 0 fully saturated rings. The van der Waals surface area contributed by atoms with Crippen molar-refractivity contribution in [3.63, 3.8) is 0 Å². The first-order chi connectivity index (χ1) is 13.6. The molecule has 0 radical (unpaired) electrons. The molecule has 0 bridgehead atoms. The van der Waals surface area contributed by atoms with Gasteiger partial charge < -0.3 is 0 Å². The molecule has 0 aliphatic heterocycles. The number of alkyl halides is 3. The highest BCUT2D eigenvalue weighted by Gasteiger charge is 2.34. The zero-order chi connectivity index (χ0) is 20.9. The SMILES string of the molecule is Cc1sc2nc(Cn3nc(C(F)(F)F)cc3Cl)cc(=O)n2c1-c1cccnc1F. The van der Waals surface area contributed by atoms with Gasteiger partial charge in [0.05, 0.1) is 23.5 Å². The highest BCUT2D eigenvalue weighted by molar-refractivity contribution is 7.17. The lowest BCUT2D eigenvalue weighted by molar-refractivity contribution is -0.141. The van der Waals surface area contributed by atoms with Crippen molar-refractivity contribution in [1.29, 1.82) is 0 Å². The molecule has 4 rings (SSSR count). The molecule has 6 nitrogen and oxygen atoms in total. The van der Waals surface area contributed by atoms with Crippen LogP contribution in [-0.4, -0.2) is 24.1 Å². The van der Waals surface area contributed by atoms with Gasteiger partial charge in [-0.05, 0) is 19.1 Å². The molecule has 0 saturated carbocycles. The molecule has 0 unspecified atom stereocenters. The van der Waals surface area contributed by atoms with Crippen molar-refractivity contribution in [2.24, 2.45) is 0 Å². The molecule has 0 N–H and O–H groups in total. The summed E-state index contributed by atoms with van der Waals surface area (Å²) in [5, 5.41) is 3.19. The number of hydrogen-bond donors (Lipinski definition) is 0. The molecule has 4 aromatic heterocycles. The molecule has 0 aromatic carbocycles. The standard InChI is InChI=1S/C17H10ClF4N5OS/c1-8-14(10-3-2-4-23-15(10)19)27-13(28)5-9(24-16(27)29-8)7-26-12(18)6-11(25-26)17(20,21)22/h2-6H,7H2,1H3. The fourth-order valence-electron chi connectivity index (χ4n) is 2.87. The Morgan fingerprint density at radius 2 is 2.03 bits per heavy atom. The summed E-state index contributed by atoms with van der Waals surface area (Å²) in [5.74, 6) is -0.728. The zero-order valence-corrected chi connectivity index (χ0v) is 16.1. The highest BCUT2D eigenvalue weighted by Crippen LogP contribution is 2.31. The van der Waals surface area contributed by atoms with Gasteiger partial charge in [-0.25, -0.2) is 14.6 Å². The largest absolute Gasteiger partial charge is 0.435 e. The van der Waals surface area contributed by atoms with E-state index < -0.39 is 23.4 Å². The summed E-state index contributed by atoms with van der Waals surface area (Å²) in [4.78, 5) is 21.5. The first-order valence-corrected chi connectivity index (χ1v) is 9.28. The Morgan fingerprint density at radius 3 is 2.69 bits per heavy atom. The van der Waals surface area contributed by atoms with Crippen LogP contribution in [0.3, 0.4) is 0 Å². The van der Waals surface area contributed by atoms with Crippen molar-refractivity contribution in [2.75, 3.05) is 0 Å². The van der Waals surface area contributed by atoms with E-state index >= 15 is 0 Å². The van der Waals surface area contributed by atoms with Gasteiger partial charge in [0, 0.05) is 23.2 Å². The van der Waals surface area contributed by atoms with Crippen molar-refractivity contribution in [1.82, 2.24) is 24.1 Å². The van der Waals surface area contributed by atoms with Crippen LogP contribution in [-0.2, 0) is 12.7 Å². The van der Waals surface area contributed by atoms with Gasteiger partial charge in [0.15, 0.2) is 10.7 Å². The van der Waals surface area contributed by atoms with Crippen LogP contribution < -0.4 is 5.56 Å². The number of fused-ring (bicyclic) bond motifs is 1. The molecule has 0 aliphatic rings. The lowest BCUT2D eigenvalue weighted by Crippen LogP contribution is -2.17. The third-order valence-electron chi connectivity index (χ3n) is 4.09. The Hall–Kier alpha value is -2.79.